The number of aryl methyl sites for hydroxylation is 2. The van der Waals surface area contributed by atoms with Crippen molar-refractivity contribution in [2.75, 3.05) is 18.4 Å². The molecule has 0 aliphatic carbocycles. The predicted octanol–water partition coefficient (Wildman–Crippen LogP) is 2.88. The van der Waals surface area contributed by atoms with Crippen LogP contribution in [0.2, 0.25) is 0 Å². The van der Waals surface area contributed by atoms with Crippen LogP contribution in [-0.2, 0) is 6.54 Å². The smallest absolute Gasteiger partial charge is 0.131 e. The molecule has 1 rings (SSSR count). The first kappa shape index (κ1) is 14.0. The summed E-state index contributed by atoms with van der Waals surface area (Å²) in [6, 6.07) is 2.15. The minimum absolute atomic E-state index is 0.629. The van der Waals surface area contributed by atoms with Gasteiger partial charge in [-0.3, -0.25) is 0 Å². The number of rotatable bonds is 6. The van der Waals surface area contributed by atoms with Crippen molar-refractivity contribution >= 4 is 5.82 Å². The third kappa shape index (κ3) is 4.35. The van der Waals surface area contributed by atoms with E-state index in [0.717, 1.165) is 31.1 Å². The number of anilines is 1. The van der Waals surface area contributed by atoms with E-state index in [0.29, 0.717) is 5.92 Å². The Hall–Kier alpha value is -1.09. The lowest BCUT2D eigenvalue weighted by atomic mass is 10.1. The van der Waals surface area contributed by atoms with E-state index in [1.54, 1.807) is 0 Å². The lowest BCUT2D eigenvalue weighted by Gasteiger charge is -2.16. The van der Waals surface area contributed by atoms with Crippen molar-refractivity contribution in [1.29, 1.82) is 0 Å². The first-order valence-electron chi connectivity index (χ1n) is 6.46. The van der Waals surface area contributed by atoms with Crippen LogP contribution in [0.3, 0.4) is 0 Å². The lowest BCUT2D eigenvalue weighted by Crippen LogP contribution is -2.18. The van der Waals surface area contributed by atoms with Gasteiger partial charge in [-0.25, -0.2) is 4.98 Å². The molecule has 0 amide bonds. The van der Waals surface area contributed by atoms with Gasteiger partial charge in [-0.2, -0.15) is 0 Å². The van der Waals surface area contributed by atoms with Gasteiger partial charge in [0.2, 0.25) is 0 Å². The molecule has 0 bridgehead atoms. The highest BCUT2D eigenvalue weighted by molar-refractivity contribution is 5.49. The Morgan fingerprint density at radius 3 is 2.59 bits per heavy atom. The third-order valence-electron chi connectivity index (χ3n) is 2.70. The van der Waals surface area contributed by atoms with Gasteiger partial charge >= 0.3 is 0 Å². The average molecular weight is 235 g/mol. The van der Waals surface area contributed by atoms with Crippen LogP contribution >= 0.6 is 0 Å². The van der Waals surface area contributed by atoms with E-state index in [1.165, 1.54) is 11.1 Å². The predicted molar refractivity (Wildman–Crippen MR) is 74.4 cm³/mol. The summed E-state index contributed by atoms with van der Waals surface area (Å²) >= 11 is 0. The minimum Gasteiger partial charge on any atom is -0.370 e. The maximum Gasteiger partial charge on any atom is 0.131 e. The maximum absolute atomic E-state index is 4.61. The molecule has 0 atom stereocenters. The first-order chi connectivity index (χ1) is 8.04. The molecular weight excluding hydrogens is 210 g/mol. The fourth-order valence-corrected chi connectivity index (χ4v) is 1.78. The van der Waals surface area contributed by atoms with Crippen LogP contribution in [-0.4, -0.2) is 18.1 Å². The zero-order chi connectivity index (χ0) is 12.8. The van der Waals surface area contributed by atoms with Gasteiger partial charge in [0.15, 0.2) is 0 Å². The van der Waals surface area contributed by atoms with E-state index >= 15 is 0 Å². The van der Waals surface area contributed by atoms with Crippen molar-refractivity contribution in [3.63, 3.8) is 0 Å². The number of nitrogens with one attached hydrogen (secondary N) is 2. The number of aromatic nitrogens is 1. The summed E-state index contributed by atoms with van der Waals surface area (Å²) in [5.74, 6) is 1.67. The largest absolute Gasteiger partial charge is 0.370 e. The van der Waals surface area contributed by atoms with Crippen molar-refractivity contribution in [2.24, 2.45) is 5.92 Å². The van der Waals surface area contributed by atoms with Crippen LogP contribution in [0.1, 0.15) is 37.6 Å². The van der Waals surface area contributed by atoms with Crippen LogP contribution in [0.25, 0.3) is 0 Å². The Kier molecular flexibility index (Phi) is 5.42. The fraction of sp³-hybridized carbons (Fsp3) is 0.643. The second kappa shape index (κ2) is 6.60. The highest BCUT2D eigenvalue weighted by atomic mass is 15.0. The van der Waals surface area contributed by atoms with Crippen LogP contribution in [0.5, 0.6) is 0 Å². The monoisotopic (exact) mass is 235 g/mol. The summed E-state index contributed by atoms with van der Waals surface area (Å²) in [6.45, 7) is 13.6. The van der Waals surface area contributed by atoms with Gasteiger partial charge in [-0.15, -0.1) is 0 Å². The van der Waals surface area contributed by atoms with Gasteiger partial charge in [-0.1, -0.05) is 20.8 Å². The molecule has 3 nitrogen and oxygen atoms in total. The number of hydrogen-bond donors (Lipinski definition) is 2. The maximum atomic E-state index is 4.61. The summed E-state index contributed by atoms with van der Waals surface area (Å²) in [5.41, 5.74) is 3.68. The van der Waals surface area contributed by atoms with Crippen molar-refractivity contribution in [3.8, 4) is 0 Å². The van der Waals surface area contributed by atoms with Crippen molar-refractivity contribution in [1.82, 2.24) is 10.3 Å². The molecule has 0 saturated heterocycles. The van der Waals surface area contributed by atoms with E-state index in [2.05, 4.69) is 49.4 Å². The summed E-state index contributed by atoms with van der Waals surface area (Å²) in [5, 5.41) is 6.83. The summed E-state index contributed by atoms with van der Waals surface area (Å²) < 4.78 is 0. The van der Waals surface area contributed by atoms with E-state index in [-0.39, 0.29) is 0 Å². The highest BCUT2D eigenvalue weighted by Crippen LogP contribution is 2.18. The minimum atomic E-state index is 0.629. The van der Waals surface area contributed by atoms with Crippen LogP contribution in [0, 0.1) is 19.8 Å². The molecule has 1 heterocycles. The molecule has 3 heteroatoms. The zero-order valence-corrected chi connectivity index (χ0v) is 11.7. The van der Waals surface area contributed by atoms with Gasteiger partial charge in [0.1, 0.15) is 5.82 Å². The number of nitrogens with zero attached hydrogens (tertiary/aromatic N) is 1. The van der Waals surface area contributed by atoms with E-state index in [1.807, 2.05) is 6.92 Å². The fourth-order valence-electron chi connectivity index (χ4n) is 1.78. The molecule has 0 aromatic carbocycles. The molecule has 0 spiro atoms. The molecule has 0 saturated carbocycles. The normalized spacial score (nSPS) is 10.9. The molecule has 1 aromatic rings. The molecule has 0 radical (unpaired) electrons. The van der Waals surface area contributed by atoms with Crippen LogP contribution in [0.4, 0.5) is 5.82 Å². The van der Waals surface area contributed by atoms with Crippen molar-refractivity contribution < 1.29 is 0 Å². The first-order valence-corrected chi connectivity index (χ1v) is 6.46. The van der Waals surface area contributed by atoms with Gasteiger partial charge < -0.3 is 10.6 Å². The van der Waals surface area contributed by atoms with Gasteiger partial charge in [0.05, 0.1) is 0 Å². The molecule has 0 aliphatic heterocycles. The summed E-state index contributed by atoms with van der Waals surface area (Å²) in [4.78, 5) is 4.61. The van der Waals surface area contributed by atoms with E-state index in [9.17, 15) is 0 Å². The van der Waals surface area contributed by atoms with Gasteiger partial charge in [-0.05, 0) is 37.9 Å². The molecule has 0 unspecified atom stereocenters. The van der Waals surface area contributed by atoms with Crippen LogP contribution < -0.4 is 10.6 Å². The second-order valence-electron chi connectivity index (χ2n) is 4.96. The van der Waals surface area contributed by atoms with E-state index in [4.69, 9.17) is 0 Å². The van der Waals surface area contributed by atoms with E-state index < -0.39 is 0 Å². The molecule has 0 aliphatic rings. The summed E-state index contributed by atoms with van der Waals surface area (Å²) in [7, 11) is 0. The lowest BCUT2D eigenvalue weighted by molar-refractivity contribution is 0.681. The second-order valence-corrected chi connectivity index (χ2v) is 4.96. The molecule has 96 valence electrons. The molecule has 2 N–H and O–H groups in total. The molecule has 0 fully saturated rings. The SMILES string of the molecule is CCNCc1c(C)cc(C)nc1NCC(C)C. The highest BCUT2D eigenvalue weighted by Gasteiger charge is 2.08. The third-order valence-corrected chi connectivity index (χ3v) is 2.70. The quantitative estimate of drug-likeness (QED) is 0.796. The van der Waals surface area contributed by atoms with Gasteiger partial charge in [0.25, 0.3) is 0 Å². The Morgan fingerprint density at radius 2 is 2.00 bits per heavy atom. The Labute approximate surface area is 105 Å². The standard InChI is InChI=1S/C14H25N3/c1-6-15-9-13-11(4)7-12(5)17-14(13)16-8-10(2)3/h7,10,15H,6,8-9H2,1-5H3,(H,16,17). The average Bonchev–Trinajstić information content (AvgIpc) is 2.24. The van der Waals surface area contributed by atoms with Crippen molar-refractivity contribution in [2.45, 2.75) is 41.2 Å². The molecule has 17 heavy (non-hydrogen) atoms. The number of hydrogen-bond acceptors (Lipinski definition) is 3. The summed E-state index contributed by atoms with van der Waals surface area (Å²) in [6.07, 6.45) is 0. The van der Waals surface area contributed by atoms with Gasteiger partial charge in [0, 0.05) is 24.3 Å². The Bertz CT molecular complexity index is 359. The topological polar surface area (TPSA) is 37.0 Å². The Balaban J connectivity index is 2.89. The van der Waals surface area contributed by atoms with Crippen LogP contribution in [0.15, 0.2) is 6.07 Å². The number of pyridine rings is 1. The van der Waals surface area contributed by atoms with Crippen molar-refractivity contribution in [3.05, 3.63) is 22.9 Å². The molecule has 1 aromatic heterocycles. The zero-order valence-electron chi connectivity index (χ0n) is 11.7. The Morgan fingerprint density at radius 1 is 1.29 bits per heavy atom. The molecular formula is C14H25N3.